The highest BCUT2D eigenvalue weighted by molar-refractivity contribution is 4.90. The summed E-state index contributed by atoms with van der Waals surface area (Å²) in [7, 11) is 0. The summed E-state index contributed by atoms with van der Waals surface area (Å²) in [6.07, 6.45) is 8.29. The molecule has 2 atom stereocenters. The third-order valence-electron chi connectivity index (χ3n) is 3.90. The Morgan fingerprint density at radius 2 is 1.76 bits per heavy atom. The van der Waals surface area contributed by atoms with Crippen LogP contribution < -0.4 is 5.32 Å². The van der Waals surface area contributed by atoms with Gasteiger partial charge in [-0.15, -0.1) is 6.58 Å². The zero-order valence-electron chi connectivity index (χ0n) is 12.3. The molecule has 1 rings (SSSR count). The Bertz CT molecular complexity index is 236. The van der Waals surface area contributed by atoms with Crippen molar-refractivity contribution >= 4 is 0 Å². The molecule has 1 heteroatoms. The van der Waals surface area contributed by atoms with Crippen LogP contribution in [0.1, 0.15) is 66.2 Å². The highest BCUT2D eigenvalue weighted by atomic mass is 14.9. The van der Waals surface area contributed by atoms with Crippen molar-refractivity contribution in [1.82, 2.24) is 5.32 Å². The third-order valence-corrected chi connectivity index (χ3v) is 3.90. The Morgan fingerprint density at radius 1 is 1.18 bits per heavy atom. The maximum absolute atomic E-state index is 4.03. The van der Waals surface area contributed by atoms with Gasteiger partial charge in [-0.05, 0) is 65.3 Å². The van der Waals surface area contributed by atoms with Crippen LogP contribution in [0, 0.1) is 11.8 Å². The molecular weight excluding hydrogens is 206 g/mol. The lowest BCUT2D eigenvalue weighted by Gasteiger charge is -2.34. The number of hydrogen-bond donors (Lipinski definition) is 1. The van der Waals surface area contributed by atoms with Crippen LogP contribution in [0.25, 0.3) is 0 Å². The monoisotopic (exact) mass is 237 g/mol. The number of hydrogen-bond acceptors (Lipinski definition) is 1. The van der Waals surface area contributed by atoms with Gasteiger partial charge in [-0.1, -0.05) is 24.8 Å². The summed E-state index contributed by atoms with van der Waals surface area (Å²) in [6.45, 7) is 14.2. The van der Waals surface area contributed by atoms with Gasteiger partial charge in [0.25, 0.3) is 0 Å². The largest absolute Gasteiger partial charge is 0.312 e. The van der Waals surface area contributed by atoms with Crippen molar-refractivity contribution in [2.75, 3.05) is 6.54 Å². The lowest BCUT2D eigenvalue weighted by atomic mass is 9.76. The predicted molar refractivity (Wildman–Crippen MR) is 77.3 cm³/mol. The van der Waals surface area contributed by atoms with Crippen molar-refractivity contribution in [2.45, 2.75) is 71.8 Å². The molecule has 1 aliphatic rings. The van der Waals surface area contributed by atoms with E-state index in [4.69, 9.17) is 0 Å². The fourth-order valence-electron chi connectivity index (χ4n) is 2.80. The molecule has 0 aliphatic heterocycles. The summed E-state index contributed by atoms with van der Waals surface area (Å²) in [5, 5.41) is 3.69. The van der Waals surface area contributed by atoms with Crippen molar-refractivity contribution in [3.05, 3.63) is 12.2 Å². The van der Waals surface area contributed by atoms with Crippen molar-refractivity contribution in [3.63, 3.8) is 0 Å². The molecule has 17 heavy (non-hydrogen) atoms. The van der Waals surface area contributed by atoms with E-state index in [1.165, 1.54) is 50.6 Å². The molecular formula is C16H31N. The van der Waals surface area contributed by atoms with Gasteiger partial charge < -0.3 is 5.32 Å². The quantitative estimate of drug-likeness (QED) is 0.692. The fourth-order valence-corrected chi connectivity index (χ4v) is 2.80. The second-order valence-electron chi connectivity index (χ2n) is 6.93. The van der Waals surface area contributed by atoms with Crippen LogP contribution in [-0.4, -0.2) is 12.1 Å². The molecule has 1 N–H and O–H groups in total. The highest BCUT2D eigenvalue weighted by Gasteiger charge is 2.25. The van der Waals surface area contributed by atoms with Crippen molar-refractivity contribution in [3.8, 4) is 0 Å². The molecule has 0 spiro atoms. The van der Waals surface area contributed by atoms with Gasteiger partial charge in [0.1, 0.15) is 0 Å². The van der Waals surface area contributed by atoms with Crippen LogP contribution >= 0.6 is 0 Å². The summed E-state index contributed by atoms with van der Waals surface area (Å²) in [6, 6.07) is 0. The third kappa shape index (κ3) is 6.26. The van der Waals surface area contributed by atoms with E-state index in [-0.39, 0.29) is 5.54 Å². The molecule has 1 nitrogen and oxygen atoms in total. The van der Waals surface area contributed by atoms with E-state index in [9.17, 15) is 0 Å². The van der Waals surface area contributed by atoms with Crippen LogP contribution in [-0.2, 0) is 0 Å². The summed E-state index contributed by atoms with van der Waals surface area (Å²) >= 11 is 0. The molecule has 0 amide bonds. The predicted octanol–water partition coefficient (Wildman–Crippen LogP) is 4.54. The zero-order valence-corrected chi connectivity index (χ0v) is 12.3. The van der Waals surface area contributed by atoms with Gasteiger partial charge >= 0.3 is 0 Å². The molecule has 1 saturated carbocycles. The van der Waals surface area contributed by atoms with Crippen molar-refractivity contribution < 1.29 is 0 Å². The fraction of sp³-hybridized carbons (Fsp3) is 0.875. The van der Waals surface area contributed by atoms with E-state index in [1.807, 2.05) is 0 Å². The standard InChI is InChI=1S/C16H31N/c1-13(2)10-11-14-8-6-7-9-15(14)12-17-16(3,4)5/h14-15,17H,1,6-12H2,2-5H3. The molecule has 100 valence electrons. The minimum absolute atomic E-state index is 0.260. The van der Waals surface area contributed by atoms with Gasteiger partial charge in [0.2, 0.25) is 0 Å². The van der Waals surface area contributed by atoms with E-state index in [2.05, 4.69) is 39.6 Å². The molecule has 0 aromatic rings. The van der Waals surface area contributed by atoms with Gasteiger partial charge in [0.05, 0.1) is 0 Å². The summed E-state index contributed by atoms with van der Waals surface area (Å²) in [5.41, 5.74) is 1.61. The Balaban J connectivity index is 2.39. The summed E-state index contributed by atoms with van der Waals surface area (Å²) in [4.78, 5) is 0. The smallest absolute Gasteiger partial charge is 0.00966 e. The molecule has 0 heterocycles. The van der Waals surface area contributed by atoms with Crippen molar-refractivity contribution in [1.29, 1.82) is 0 Å². The molecule has 1 aliphatic carbocycles. The second-order valence-corrected chi connectivity index (χ2v) is 6.93. The van der Waals surface area contributed by atoms with Crippen LogP contribution in [0.2, 0.25) is 0 Å². The van der Waals surface area contributed by atoms with Gasteiger partial charge in [-0.2, -0.15) is 0 Å². The van der Waals surface area contributed by atoms with E-state index in [0.29, 0.717) is 0 Å². The topological polar surface area (TPSA) is 12.0 Å². The average Bonchev–Trinajstić information content (AvgIpc) is 2.23. The summed E-state index contributed by atoms with van der Waals surface area (Å²) < 4.78 is 0. The Kier molecular flexibility index (Phi) is 5.72. The van der Waals surface area contributed by atoms with Crippen LogP contribution in [0.15, 0.2) is 12.2 Å². The van der Waals surface area contributed by atoms with Gasteiger partial charge in [0.15, 0.2) is 0 Å². The van der Waals surface area contributed by atoms with Gasteiger partial charge in [0, 0.05) is 5.54 Å². The van der Waals surface area contributed by atoms with E-state index < -0.39 is 0 Å². The van der Waals surface area contributed by atoms with Gasteiger partial charge in [-0.3, -0.25) is 0 Å². The number of nitrogens with one attached hydrogen (secondary N) is 1. The first-order valence-electron chi connectivity index (χ1n) is 7.28. The number of rotatable bonds is 5. The Hall–Kier alpha value is -0.300. The average molecular weight is 237 g/mol. The molecule has 1 fully saturated rings. The number of allylic oxidation sites excluding steroid dienone is 1. The minimum Gasteiger partial charge on any atom is -0.312 e. The van der Waals surface area contributed by atoms with E-state index in [1.54, 1.807) is 0 Å². The molecule has 0 aromatic carbocycles. The Labute approximate surface area is 108 Å². The lowest BCUT2D eigenvalue weighted by molar-refractivity contribution is 0.204. The first kappa shape index (κ1) is 14.8. The molecule has 0 radical (unpaired) electrons. The van der Waals surface area contributed by atoms with Crippen LogP contribution in [0.3, 0.4) is 0 Å². The van der Waals surface area contributed by atoms with Crippen molar-refractivity contribution in [2.24, 2.45) is 11.8 Å². The first-order chi connectivity index (χ1) is 7.88. The molecule has 0 saturated heterocycles. The molecule has 2 unspecified atom stereocenters. The van der Waals surface area contributed by atoms with Gasteiger partial charge in [-0.25, -0.2) is 0 Å². The normalized spacial score (nSPS) is 25.9. The maximum atomic E-state index is 4.03. The summed E-state index contributed by atoms with van der Waals surface area (Å²) in [5.74, 6) is 1.82. The van der Waals surface area contributed by atoms with Crippen LogP contribution in [0.5, 0.6) is 0 Å². The molecule has 0 aromatic heterocycles. The first-order valence-corrected chi connectivity index (χ1v) is 7.28. The lowest BCUT2D eigenvalue weighted by Crippen LogP contribution is -2.41. The maximum Gasteiger partial charge on any atom is 0.00966 e. The molecule has 0 bridgehead atoms. The minimum atomic E-state index is 0.260. The van der Waals surface area contributed by atoms with E-state index in [0.717, 1.165) is 11.8 Å². The Morgan fingerprint density at radius 3 is 2.29 bits per heavy atom. The second kappa shape index (κ2) is 6.58. The zero-order chi connectivity index (χ0) is 12.9. The highest BCUT2D eigenvalue weighted by Crippen LogP contribution is 2.33. The van der Waals surface area contributed by atoms with Crippen LogP contribution in [0.4, 0.5) is 0 Å². The SMILES string of the molecule is C=C(C)CCC1CCCCC1CNC(C)(C)C. The van der Waals surface area contributed by atoms with E-state index >= 15 is 0 Å².